The molecule has 306 valence electrons. The Morgan fingerprint density at radius 1 is 0.862 bits per heavy atom. The normalized spacial score (nSPS) is 16.5. The van der Waals surface area contributed by atoms with Gasteiger partial charge in [0.05, 0.1) is 42.5 Å². The van der Waals surface area contributed by atoms with Crippen LogP contribution in [0.15, 0.2) is 89.9 Å². The summed E-state index contributed by atoms with van der Waals surface area (Å²) in [6, 6.07) is 14.0. The second-order valence-corrected chi connectivity index (χ2v) is 15.5. The number of nitrogens with zero attached hydrogens (tertiary/aromatic N) is 8. The Bertz CT molecular complexity index is 2010. The van der Waals surface area contributed by atoms with Crippen molar-refractivity contribution < 1.29 is 14.2 Å². The molecule has 5 aromatic heterocycles. The van der Waals surface area contributed by atoms with Crippen molar-refractivity contribution >= 4 is 23.9 Å². The average molecular weight is 806 g/mol. The Kier molecular flexibility index (Phi) is 15.4. The fraction of sp³-hybridized carbons (Fsp3) is 0.442. The Balaban J connectivity index is 1.28. The van der Waals surface area contributed by atoms with E-state index in [4.69, 9.17) is 24.2 Å². The second kappa shape index (κ2) is 21.1. The smallest absolute Gasteiger partial charge is 0.323 e. The first-order chi connectivity index (χ1) is 28.3. The number of imidazole rings is 1. The predicted octanol–water partition coefficient (Wildman–Crippen LogP) is 6.11. The number of aromatic amines is 1. The lowest BCUT2D eigenvalue weighted by Gasteiger charge is -2.40. The molecule has 14 nitrogen and oxygen atoms in total. The van der Waals surface area contributed by atoms with Gasteiger partial charge in [-0.1, -0.05) is 12.1 Å². The third-order valence-corrected chi connectivity index (χ3v) is 10.8. The fourth-order valence-electron chi connectivity index (χ4n) is 6.72. The summed E-state index contributed by atoms with van der Waals surface area (Å²) in [5.41, 5.74) is 7.04. The number of H-pyrrole nitrogens is 1. The fourth-order valence-corrected chi connectivity index (χ4v) is 7.64. The molecule has 0 radical (unpaired) electrons. The van der Waals surface area contributed by atoms with Gasteiger partial charge in [0.2, 0.25) is 5.90 Å². The molecular weight excluding hydrogens is 751 g/mol. The number of rotatable bonds is 22. The average Bonchev–Trinajstić information content (AvgIpc) is 3.66. The maximum absolute atomic E-state index is 7.04. The number of nitrogens with one attached hydrogen (secondary N) is 3. The highest BCUT2D eigenvalue weighted by Crippen LogP contribution is 2.36. The first-order valence-corrected chi connectivity index (χ1v) is 21.0. The van der Waals surface area contributed by atoms with Crippen LogP contribution in [0.5, 0.6) is 5.75 Å². The van der Waals surface area contributed by atoms with Crippen molar-refractivity contribution in [1.82, 2.24) is 45.5 Å². The van der Waals surface area contributed by atoms with Gasteiger partial charge in [-0.2, -0.15) is 16.8 Å². The number of aliphatic imine (C=N–C) groups is 2. The van der Waals surface area contributed by atoms with Crippen molar-refractivity contribution in [2.45, 2.75) is 77.6 Å². The monoisotopic (exact) mass is 805 g/mol. The van der Waals surface area contributed by atoms with E-state index in [1.807, 2.05) is 88.4 Å². The molecule has 0 aliphatic carbocycles. The van der Waals surface area contributed by atoms with Crippen LogP contribution in [0, 0.1) is 26.2 Å². The SMILES string of the molecule is CCOC1=NC(NCCCCc2ncccc2OC)(OC(CNCCSCc2nc[nH]c2C)c2ccncn2)N=CC1(Cc1ccc(C)nc1)Cc1ccc(C)nc1. The van der Waals surface area contributed by atoms with E-state index < -0.39 is 17.5 Å². The van der Waals surface area contributed by atoms with E-state index in [1.165, 1.54) is 6.33 Å². The summed E-state index contributed by atoms with van der Waals surface area (Å²) in [6.07, 6.45) is 15.6. The van der Waals surface area contributed by atoms with E-state index in [0.29, 0.717) is 44.1 Å². The van der Waals surface area contributed by atoms with Gasteiger partial charge < -0.3 is 24.5 Å². The number of aryl methyl sites for hydroxylation is 4. The van der Waals surface area contributed by atoms with E-state index in [1.54, 1.807) is 25.8 Å². The molecule has 1 aliphatic rings. The zero-order chi connectivity index (χ0) is 40.6. The van der Waals surface area contributed by atoms with E-state index >= 15 is 0 Å². The zero-order valence-corrected chi connectivity index (χ0v) is 35.0. The van der Waals surface area contributed by atoms with Gasteiger partial charge >= 0.3 is 5.97 Å². The zero-order valence-electron chi connectivity index (χ0n) is 34.1. The first kappa shape index (κ1) is 42.5. The molecule has 1 aliphatic heterocycles. The Hall–Kier alpha value is -5.09. The van der Waals surface area contributed by atoms with Crippen LogP contribution in [0.1, 0.15) is 71.2 Å². The molecule has 0 bridgehead atoms. The minimum Gasteiger partial charge on any atom is -0.495 e. The van der Waals surface area contributed by atoms with Gasteiger partial charge in [0.25, 0.3) is 0 Å². The number of hydrogen-bond donors (Lipinski definition) is 3. The third kappa shape index (κ3) is 11.7. The summed E-state index contributed by atoms with van der Waals surface area (Å²) >= 11 is 1.83. The van der Waals surface area contributed by atoms with Gasteiger partial charge in [-0.15, -0.1) is 0 Å². The molecule has 0 amide bonds. The minimum atomic E-state index is -1.52. The van der Waals surface area contributed by atoms with Gasteiger partial charge in [-0.3, -0.25) is 15.0 Å². The van der Waals surface area contributed by atoms with Crippen molar-refractivity contribution in [1.29, 1.82) is 0 Å². The second-order valence-electron chi connectivity index (χ2n) is 14.3. The van der Waals surface area contributed by atoms with Crippen LogP contribution in [0.3, 0.4) is 0 Å². The molecule has 0 fully saturated rings. The number of pyridine rings is 3. The molecule has 0 aromatic carbocycles. The number of hydrogen-bond acceptors (Lipinski definition) is 14. The highest BCUT2D eigenvalue weighted by molar-refractivity contribution is 7.98. The van der Waals surface area contributed by atoms with Crippen LogP contribution in [0.25, 0.3) is 0 Å². The third-order valence-electron chi connectivity index (χ3n) is 9.86. The molecule has 6 heterocycles. The van der Waals surface area contributed by atoms with Gasteiger partial charge in [-0.05, 0) is 101 Å². The van der Waals surface area contributed by atoms with Crippen LogP contribution in [0.4, 0.5) is 0 Å². The van der Waals surface area contributed by atoms with E-state index in [-0.39, 0.29) is 0 Å². The summed E-state index contributed by atoms with van der Waals surface area (Å²) < 4.78 is 19.1. The Labute approximate surface area is 345 Å². The molecule has 0 saturated heterocycles. The van der Waals surface area contributed by atoms with E-state index in [9.17, 15) is 0 Å². The molecule has 2 unspecified atom stereocenters. The standard InChI is InChI=1S/C43H55N11O3S/c1-6-56-41-42(22-34-14-12-31(2)47-24-34,23-35-15-13-32(3)48-25-35)28-53-43(54-41,52-18-8-7-10-36-39(55-5)11-9-17-46-36)57-40(37-16-19-45-29-50-37)26-44-20-21-58-27-38-33(4)49-30-51-38/h9,11-17,19,24-25,28-30,40,44,52H,6-8,10,18,20-23,26-27H2,1-5H3,(H,49,51). The highest BCUT2D eigenvalue weighted by atomic mass is 32.2. The van der Waals surface area contributed by atoms with Crippen molar-refractivity contribution in [3.63, 3.8) is 0 Å². The molecule has 58 heavy (non-hydrogen) atoms. The van der Waals surface area contributed by atoms with Crippen molar-refractivity contribution in [2.24, 2.45) is 15.4 Å². The lowest BCUT2D eigenvalue weighted by Crippen LogP contribution is -2.54. The molecule has 0 saturated carbocycles. The Morgan fingerprint density at radius 3 is 2.31 bits per heavy atom. The minimum absolute atomic E-state index is 0.404. The van der Waals surface area contributed by atoms with Gasteiger partial charge in [0.15, 0.2) is 0 Å². The van der Waals surface area contributed by atoms with Crippen LogP contribution in [0.2, 0.25) is 0 Å². The number of thioether (sulfide) groups is 1. The summed E-state index contributed by atoms with van der Waals surface area (Å²) in [6.45, 7) is 10.2. The number of methoxy groups -OCH3 is 1. The van der Waals surface area contributed by atoms with Gasteiger partial charge in [-0.25, -0.2) is 25.3 Å². The molecule has 2 atom stereocenters. The maximum atomic E-state index is 7.04. The molecule has 0 spiro atoms. The molecule has 15 heteroatoms. The van der Waals surface area contributed by atoms with Crippen LogP contribution in [-0.2, 0) is 34.5 Å². The van der Waals surface area contributed by atoms with Crippen LogP contribution >= 0.6 is 11.8 Å². The van der Waals surface area contributed by atoms with Crippen molar-refractivity contribution in [3.8, 4) is 5.75 Å². The summed E-state index contributed by atoms with van der Waals surface area (Å²) in [4.78, 5) is 40.7. The van der Waals surface area contributed by atoms with Crippen molar-refractivity contribution in [2.75, 3.05) is 39.1 Å². The number of aromatic nitrogens is 7. The first-order valence-electron chi connectivity index (χ1n) is 19.9. The van der Waals surface area contributed by atoms with Crippen LogP contribution < -0.4 is 15.4 Å². The molecular formula is C43H55N11O3S. The van der Waals surface area contributed by atoms with Gasteiger partial charge in [0.1, 0.15) is 18.2 Å². The van der Waals surface area contributed by atoms with E-state index in [0.717, 1.165) is 82.7 Å². The Morgan fingerprint density at radius 2 is 1.66 bits per heavy atom. The number of unbranched alkanes of at least 4 members (excludes halogenated alkanes) is 1. The lowest BCUT2D eigenvalue weighted by molar-refractivity contribution is -0.110. The predicted molar refractivity (Wildman–Crippen MR) is 228 cm³/mol. The summed E-state index contributed by atoms with van der Waals surface area (Å²) in [5.74, 6) is 1.53. The maximum Gasteiger partial charge on any atom is 0.323 e. The summed E-state index contributed by atoms with van der Waals surface area (Å²) in [5, 5.41) is 7.19. The van der Waals surface area contributed by atoms with E-state index in [2.05, 4.69) is 57.7 Å². The lowest BCUT2D eigenvalue weighted by atomic mass is 9.77. The quantitative estimate of drug-likeness (QED) is 0.0543. The molecule has 5 aromatic rings. The molecule has 6 rings (SSSR count). The molecule has 3 N–H and O–H groups in total. The topological polar surface area (TPSA) is 170 Å². The van der Waals surface area contributed by atoms with Crippen molar-refractivity contribution in [3.05, 3.63) is 125 Å². The van der Waals surface area contributed by atoms with Crippen LogP contribution in [-0.4, -0.2) is 92.1 Å². The highest BCUT2D eigenvalue weighted by Gasteiger charge is 2.46. The summed E-state index contributed by atoms with van der Waals surface area (Å²) in [7, 11) is 1.67. The number of ether oxygens (including phenoxy) is 3. The largest absolute Gasteiger partial charge is 0.495 e. The van der Waals surface area contributed by atoms with Gasteiger partial charge in [0, 0.05) is 79.2 Å².